The Kier molecular flexibility index (Phi) is 5.19. The van der Waals surface area contributed by atoms with Gasteiger partial charge in [0.2, 0.25) is 10.0 Å². The smallest absolute Gasteiger partial charge is 0.211 e. The van der Waals surface area contributed by atoms with Gasteiger partial charge in [-0.1, -0.05) is 11.6 Å². The number of hydrogen-bond acceptors (Lipinski definition) is 3. The van der Waals surface area contributed by atoms with Crippen molar-refractivity contribution in [2.24, 2.45) is 0 Å². The van der Waals surface area contributed by atoms with Gasteiger partial charge >= 0.3 is 0 Å². The van der Waals surface area contributed by atoms with Gasteiger partial charge in [-0.3, -0.25) is 0 Å². The molecule has 0 unspecified atom stereocenters. The van der Waals surface area contributed by atoms with Crippen LogP contribution in [0.5, 0.6) is 0 Å². The molecule has 108 valence electrons. The second-order valence-electron chi connectivity index (χ2n) is 3.93. The van der Waals surface area contributed by atoms with Crippen molar-refractivity contribution in [1.82, 2.24) is 4.72 Å². The van der Waals surface area contributed by atoms with E-state index in [1.54, 1.807) is 11.3 Å². The van der Waals surface area contributed by atoms with Crippen molar-refractivity contribution >= 4 is 48.9 Å². The molecule has 3 nitrogen and oxygen atoms in total. The van der Waals surface area contributed by atoms with Gasteiger partial charge in [0.05, 0.1) is 13.7 Å². The van der Waals surface area contributed by atoms with E-state index in [0.717, 1.165) is 20.8 Å². The Bertz CT molecular complexity index is 718. The highest BCUT2D eigenvalue weighted by molar-refractivity contribution is 9.11. The Morgan fingerprint density at radius 1 is 1.30 bits per heavy atom. The summed E-state index contributed by atoms with van der Waals surface area (Å²) in [5, 5.41) is -0.213. The van der Waals surface area contributed by atoms with E-state index in [1.165, 1.54) is 6.07 Å². The van der Waals surface area contributed by atoms with Crippen molar-refractivity contribution in [3.8, 4) is 0 Å². The van der Waals surface area contributed by atoms with Crippen LogP contribution in [0.15, 0.2) is 39.0 Å². The van der Waals surface area contributed by atoms with Gasteiger partial charge < -0.3 is 0 Å². The SMILES string of the molecule is O=S(=O)(NCCc1ccc(Br)s1)c1ccc(F)c(Cl)c1. The van der Waals surface area contributed by atoms with Gasteiger partial charge in [0.15, 0.2) is 0 Å². The fraction of sp³-hybridized carbons (Fsp3) is 0.167. The lowest BCUT2D eigenvalue weighted by molar-refractivity contribution is 0.581. The number of halogens is 3. The van der Waals surface area contributed by atoms with Gasteiger partial charge in [-0.05, 0) is 52.7 Å². The van der Waals surface area contributed by atoms with Gasteiger partial charge in [-0.15, -0.1) is 11.3 Å². The zero-order valence-electron chi connectivity index (χ0n) is 10.1. The van der Waals surface area contributed by atoms with E-state index in [0.29, 0.717) is 6.42 Å². The molecule has 0 amide bonds. The molecule has 0 atom stereocenters. The molecule has 8 heteroatoms. The summed E-state index contributed by atoms with van der Waals surface area (Å²) >= 11 is 10.5. The monoisotopic (exact) mass is 397 g/mol. The summed E-state index contributed by atoms with van der Waals surface area (Å²) in [5.74, 6) is -0.644. The Balaban J connectivity index is 2.02. The van der Waals surface area contributed by atoms with E-state index in [2.05, 4.69) is 20.7 Å². The summed E-state index contributed by atoms with van der Waals surface area (Å²) in [6.45, 7) is 0.268. The van der Waals surface area contributed by atoms with E-state index in [4.69, 9.17) is 11.6 Å². The lowest BCUT2D eigenvalue weighted by Crippen LogP contribution is -2.25. The Morgan fingerprint density at radius 3 is 2.65 bits per heavy atom. The molecule has 1 aromatic carbocycles. The van der Waals surface area contributed by atoms with E-state index in [9.17, 15) is 12.8 Å². The van der Waals surface area contributed by atoms with Crippen LogP contribution in [0.1, 0.15) is 4.88 Å². The molecular formula is C12H10BrClFNO2S2. The van der Waals surface area contributed by atoms with Crippen LogP contribution in [-0.4, -0.2) is 15.0 Å². The highest BCUT2D eigenvalue weighted by Gasteiger charge is 2.15. The fourth-order valence-corrected chi connectivity index (χ4v) is 4.31. The van der Waals surface area contributed by atoms with Crippen molar-refractivity contribution in [1.29, 1.82) is 0 Å². The van der Waals surface area contributed by atoms with Crippen molar-refractivity contribution in [3.63, 3.8) is 0 Å². The van der Waals surface area contributed by atoms with Crippen LogP contribution in [0, 0.1) is 5.82 Å². The first-order valence-electron chi connectivity index (χ1n) is 5.57. The van der Waals surface area contributed by atoms with Crippen LogP contribution in [-0.2, 0) is 16.4 Å². The van der Waals surface area contributed by atoms with Crippen molar-refractivity contribution in [3.05, 3.63) is 49.8 Å². The molecule has 0 bridgehead atoms. The molecule has 0 aliphatic carbocycles. The third kappa shape index (κ3) is 4.02. The molecule has 1 heterocycles. The van der Waals surface area contributed by atoms with E-state index in [1.807, 2.05) is 12.1 Å². The summed E-state index contributed by atoms with van der Waals surface area (Å²) in [4.78, 5) is 1.02. The summed E-state index contributed by atoms with van der Waals surface area (Å²) in [6, 6.07) is 7.16. The third-order valence-corrected chi connectivity index (χ3v) is 5.93. The summed E-state index contributed by atoms with van der Waals surface area (Å²) in [7, 11) is -3.67. The highest BCUT2D eigenvalue weighted by Crippen LogP contribution is 2.22. The average Bonchev–Trinajstić information content (AvgIpc) is 2.78. The van der Waals surface area contributed by atoms with E-state index < -0.39 is 15.8 Å². The van der Waals surface area contributed by atoms with Crippen LogP contribution >= 0.6 is 38.9 Å². The van der Waals surface area contributed by atoms with Crippen molar-refractivity contribution in [2.45, 2.75) is 11.3 Å². The number of sulfonamides is 1. The van der Waals surface area contributed by atoms with Gasteiger partial charge in [0.1, 0.15) is 5.82 Å². The second-order valence-corrected chi connectivity index (χ2v) is 8.65. The minimum absolute atomic E-state index is 0.0451. The maximum atomic E-state index is 13.0. The summed E-state index contributed by atoms with van der Waals surface area (Å²) < 4.78 is 40.5. The molecule has 0 fully saturated rings. The predicted molar refractivity (Wildman–Crippen MR) is 82.3 cm³/mol. The fourth-order valence-electron chi connectivity index (χ4n) is 1.52. The number of nitrogens with one attached hydrogen (secondary N) is 1. The first-order chi connectivity index (χ1) is 9.38. The molecule has 20 heavy (non-hydrogen) atoms. The average molecular weight is 399 g/mol. The molecule has 0 aliphatic rings. The number of benzene rings is 1. The number of thiophene rings is 1. The first-order valence-corrected chi connectivity index (χ1v) is 9.04. The van der Waals surface area contributed by atoms with Crippen LogP contribution in [0.2, 0.25) is 5.02 Å². The van der Waals surface area contributed by atoms with Crippen LogP contribution in [0.3, 0.4) is 0 Å². The van der Waals surface area contributed by atoms with Crippen LogP contribution in [0.25, 0.3) is 0 Å². The number of hydrogen-bond donors (Lipinski definition) is 1. The predicted octanol–water partition coefficient (Wildman–Crippen LogP) is 3.82. The van der Waals surface area contributed by atoms with Crippen molar-refractivity contribution in [2.75, 3.05) is 6.54 Å². The quantitative estimate of drug-likeness (QED) is 0.832. The van der Waals surface area contributed by atoms with Gasteiger partial charge in [0.25, 0.3) is 0 Å². The number of rotatable bonds is 5. The molecule has 2 aromatic rings. The van der Waals surface area contributed by atoms with Gasteiger partial charge in [0, 0.05) is 11.4 Å². The lowest BCUT2D eigenvalue weighted by Gasteiger charge is -2.06. The Morgan fingerprint density at radius 2 is 2.05 bits per heavy atom. The van der Waals surface area contributed by atoms with Gasteiger partial charge in [-0.2, -0.15) is 0 Å². The maximum Gasteiger partial charge on any atom is 0.240 e. The largest absolute Gasteiger partial charge is 0.240 e. The Labute approximate surface area is 134 Å². The zero-order valence-corrected chi connectivity index (χ0v) is 14.0. The van der Waals surface area contributed by atoms with E-state index >= 15 is 0 Å². The van der Waals surface area contributed by atoms with Crippen LogP contribution < -0.4 is 4.72 Å². The zero-order chi connectivity index (χ0) is 14.8. The minimum atomic E-state index is -3.67. The normalized spacial score (nSPS) is 11.8. The van der Waals surface area contributed by atoms with Crippen LogP contribution in [0.4, 0.5) is 4.39 Å². The Hall–Kier alpha value is -0.470. The lowest BCUT2D eigenvalue weighted by atomic mass is 10.3. The maximum absolute atomic E-state index is 13.0. The standard InChI is InChI=1S/C12H10BrClFNO2S2/c13-12-4-1-8(19-12)5-6-16-20(17,18)9-2-3-11(15)10(14)7-9/h1-4,7,16H,5-6H2. The highest BCUT2D eigenvalue weighted by atomic mass is 79.9. The molecule has 0 saturated carbocycles. The van der Waals surface area contributed by atoms with E-state index in [-0.39, 0.29) is 16.5 Å². The first kappa shape index (κ1) is 15.9. The molecular weight excluding hydrogens is 389 g/mol. The summed E-state index contributed by atoms with van der Waals surface area (Å²) in [6.07, 6.45) is 0.588. The summed E-state index contributed by atoms with van der Waals surface area (Å²) in [5.41, 5.74) is 0. The molecule has 0 spiro atoms. The molecule has 1 aromatic heterocycles. The molecule has 0 aliphatic heterocycles. The minimum Gasteiger partial charge on any atom is -0.211 e. The molecule has 0 radical (unpaired) electrons. The molecule has 2 rings (SSSR count). The van der Waals surface area contributed by atoms with Gasteiger partial charge in [-0.25, -0.2) is 17.5 Å². The molecule has 0 saturated heterocycles. The third-order valence-electron chi connectivity index (χ3n) is 2.49. The topological polar surface area (TPSA) is 46.2 Å². The molecule has 1 N–H and O–H groups in total. The van der Waals surface area contributed by atoms with Crippen molar-refractivity contribution < 1.29 is 12.8 Å². The second kappa shape index (κ2) is 6.53.